The molecule has 1 aromatic heterocycles. The molecule has 1 aromatic carbocycles. The van der Waals surface area contributed by atoms with Crippen molar-refractivity contribution in [3.63, 3.8) is 0 Å². The van der Waals surface area contributed by atoms with Gasteiger partial charge in [-0.3, -0.25) is 0 Å². The molecular formula is C17H22N4O3. The second-order valence-electron chi connectivity index (χ2n) is 6.38. The molecule has 1 saturated heterocycles. The number of hydrogen-bond acceptors (Lipinski definition) is 5. The van der Waals surface area contributed by atoms with Crippen molar-refractivity contribution in [2.75, 3.05) is 27.2 Å². The minimum Gasteiger partial charge on any atom is -0.447 e. The molecule has 7 heteroatoms. The zero-order valence-corrected chi connectivity index (χ0v) is 13.9. The Morgan fingerprint density at radius 3 is 2.75 bits per heavy atom. The molecule has 0 aliphatic carbocycles. The van der Waals surface area contributed by atoms with Crippen LogP contribution in [0, 0.1) is 0 Å². The Balaban J connectivity index is 1.48. The second-order valence-corrected chi connectivity index (χ2v) is 6.38. The highest BCUT2D eigenvalue weighted by Gasteiger charge is 2.44. The molecule has 2 amide bonds. The number of hydrogen-bond donors (Lipinski definition) is 2. The van der Waals surface area contributed by atoms with E-state index in [0.717, 1.165) is 5.56 Å². The van der Waals surface area contributed by atoms with Gasteiger partial charge in [0.25, 0.3) is 0 Å². The smallest absolute Gasteiger partial charge is 0.317 e. The standard InChI is InChI=1S/C17H22N4O3/c1-20(2)9-15-19-14(10-24-15)8-18-16(22)21-11-17(23,12-21)13-6-4-3-5-7-13/h3-7,10,23H,8-9,11-12H2,1-2H3,(H,18,22). The van der Waals surface area contributed by atoms with E-state index in [4.69, 9.17) is 4.42 Å². The maximum atomic E-state index is 12.1. The molecule has 2 aromatic rings. The van der Waals surface area contributed by atoms with E-state index in [9.17, 15) is 9.90 Å². The summed E-state index contributed by atoms with van der Waals surface area (Å²) in [6.45, 7) is 1.49. The van der Waals surface area contributed by atoms with E-state index in [2.05, 4.69) is 10.3 Å². The molecule has 128 valence electrons. The first-order chi connectivity index (χ1) is 11.5. The summed E-state index contributed by atoms with van der Waals surface area (Å²) < 4.78 is 5.34. The molecule has 2 N–H and O–H groups in total. The number of urea groups is 1. The molecule has 0 atom stereocenters. The lowest BCUT2D eigenvalue weighted by atomic mass is 9.86. The number of oxazole rings is 1. The molecule has 0 bridgehead atoms. The Hall–Kier alpha value is -2.38. The third kappa shape index (κ3) is 3.58. The van der Waals surface area contributed by atoms with Gasteiger partial charge in [0.1, 0.15) is 11.9 Å². The molecule has 1 fully saturated rings. The number of carbonyl (C=O) groups is 1. The predicted octanol–water partition coefficient (Wildman–Crippen LogP) is 1.15. The Bertz CT molecular complexity index is 693. The first kappa shape index (κ1) is 16.5. The molecule has 0 saturated carbocycles. The van der Waals surface area contributed by atoms with Gasteiger partial charge in [0.2, 0.25) is 5.89 Å². The summed E-state index contributed by atoms with van der Waals surface area (Å²) in [7, 11) is 3.87. The molecule has 1 aliphatic heterocycles. The van der Waals surface area contributed by atoms with Gasteiger partial charge in [0, 0.05) is 0 Å². The van der Waals surface area contributed by atoms with Crippen molar-refractivity contribution < 1.29 is 14.3 Å². The van der Waals surface area contributed by atoms with Crippen LogP contribution >= 0.6 is 0 Å². The van der Waals surface area contributed by atoms with Gasteiger partial charge in [0.15, 0.2) is 0 Å². The van der Waals surface area contributed by atoms with Crippen LogP contribution in [0.25, 0.3) is 0 Å². The molecule has 24 heavy (non-hydrogen) atoms. The maximum Gasteiger partial charge on any atom is 0.317 e. The molecule has 2 heterocycles. The van der Waals surface area contributed by atoms with Crippen LogP contribution in [0.15, 0.2) is 41.0 Å². The van der Waals surface area contributed by atoms with Gasteiger partial charge < -0.3 is 24.6 Å². The van der Waals surface area contributed by atoms with E-state index >= 15 is 0 Å². The minimum absolute atomic E-state index is 0.215. The molecule has 0 unspecified atom stereocenters. The van der Waals surface area contributed by atoms with Gasteiger partial charge >= 0.3 is 6.03 Å². The quantitative estimate of drug-likeness (QED) is 0.859. The Morgan fingerprint density at radius 1 is 1.38 bits per heavy atom. The fourth-order valence-corrected chi connectivity index (χ4v) is 2.71. The Morgan fingerprint density at radius 2 is 2.08 bits per heavy atom. The zero-order chi connectivity index (χ0) is 17.2. The number of amides is 2. The fourth-order valence-electron chi connectivity index (χ4n) is 2.71. The van der Waals surface area contributed by atoms with Crippen LogP contribution in [0.3, 0.4) is 0 Å². The third-order valence-corrected chi connectivity index (χ3v) is 3.97. The van der Waals surface area contributed by atoms with Crippen molar-refractivity contribution in [1.82, 2.24) is 20.1 Å². The lowest BCUT2D eigenvalue weighted by Gasteiger charge is -2.46. The first-order valence-electron chi connectivity index (χ1n) is 7.85. The monoisotopic (exact) mass is 330 g/mol. The van der Waals surface area contributed by atoms with Crippen LogP contribution in [0.1, 0.15) is 17.1 Å². The van der Waals surface area contributed by atoms with Crippen LogP contribution in [-0.4, -0.2) is 53.1 Å². The molecule has 7 nitrogen and oxygen atoms in total. The summed E-state index contributed by atoms with van der Waals surface area (Å²) in [5.74, 6) is 0.617. The SMILES string of the molecule is CN(C)Cc1nc(CNC(=O)N2CC(O)(c3ccccc3)C2)co1. The molecule has 1 aliphatic rings. The third-order valence-electron chi connectivity index (χ3n) is 3.97. The number of nitrogens with zero attached hydrogens (tertiary/aromatic N) is 3. The van der Waals surface area contributed by atoms with Crippen molar-refractivity contribution in [2.45, 2.75) is 18.7 Å². The topological polar surface area (TPSA) is 81.8 Å². The average Bonchev–Trinajstić information content (AvgIpc) is 2.97. The maximum absolute atomic E-state index is 12.1. The second kappa shape index (κ2) is 6.62. The van der Waals surface area contributed by atoms with Gasteiger partial charge in [-0.2, -0.15) is 0 Å². The number of benzene rings is 1. The van der Waals surface area contributed by atoms with Crippen LogP contribution in [0.5, 0.6) is 0 Å². The van der Waals surface area contributed by atoms with Crippen LogP contribution < -0.4 is 5.32 Å². The minimum atomic E-state index is -0.953. The van der Waals surface area contributed by atoms with Crippen molar-refractivity contribution in [1.29, 1.82) is 0 Å². The summed E-state index contributed by atoms with van der Waals surface area (Å²) >= 11 is 0. The number of likely N-dealkylation sites (tertiary alicyclic amines) is 1. The fraction of sp³-hybridized carbons (Fsp3) is 0.412. The van der Waals surface area contributed by atoms with Gasteiger partial charge in [-0.1, -0.05) is 30.3 Å². The van der Waals surface area contributed by atoms with E-state index < -0.39 is 5.60 Å². The number of aromatic nitrogens is 1. The van der Waals surface area contributed by atoms with Gasteiger partial charge in [-0.05, 0) is 19.7 Å². The molecule has 0 radical (unpaired) electrons. The first-order valence-corrected chi connectivity index (χ1v) is 7.85. The molecule has 0 spiro atoms. The average molecular weight is 330 g/mol. The highest BCUT2D eigenvalue weighted by Crippen LogP contribution is 2.31. The lowest BCUT2D eigenvalue weighted by molar-refractivity contribution is -0.0816. The van der Waals surface area contributed by atoms with E-state index in [1.807, 2.05) is 49.3 Å². The summed E-state index contributed by atoms with van der Waals surface area (Å²) in [4.78, 5) is 20.0. The summed E-state index contributed by atoms with van der Waals surface area (Å²) in [5.41, 5.74) is 0.559. The van der Waals surface area contributed by atoms with E-state index in [1.54, 1.807) is 11.2 Å². The number of carbonyl (C=O) groups excluding carboxylic acids is 1. The number of aliphatic hydroxyl groups is 1. The van der Waals surface area contributed by atoms with Crippen LogP contribution in [0.4, 0.5) is 4.79 Å². The largest absolute Gasteiger partial charge is 0.447 e. The van der Waals surface area contributed by atoms with Crippen molar-refractivity contribution in [3.8, 4) is 0 Å². The number of β-amino-alcohol motifs (C(OH)–C–C–N with tert-alkyl or cyclic N) is 1. The van der Waals surface area contributed by atoms with Crippen molar-refractivity contribution in [2.24, 2.45) is 0 Å². The Kier molecular flexibility index (Phi) is 4.55. The van der Waals surface area contributed by atoms with Gasteiger partial charge in [-0.25, -0.2) is 9.78 Å². The molecule has 3 rings (SSSR count). The highest BCUT2D eigenvalue weighted by molar-refractivity contribution is 5.75. The lowest BCUT2D eigenvalue weighted by Crippen LogP contribution is -2.63. The summed E-state index contributed by atoms with van der Waals surface area (Å²) in [5, 5.41) is 13.3. The van der Waals surface area contributed by atoms with Crippen LogP contribution in [-0.2, 0) is 18.7 Å². The van der Waals surface area contributed by atoms with E-state index in [1.165, 1.54) is 0 Å². The predicted molar refractivity (Wildman–Crippen MR) is 88.0 cm³/mol. The van der Waals surface area contributed by atoms with E-state index in [-0.39, 0.29) is 19.1 Å². The molecular weight excluding hydrogens is 308 g/mol. The van der Waals surface area contributed by atoms with Crippen molar-refractivity contribution in [3.05, 3.63) is 53.7 Å². The summed E-state index contributed by atoms with van der Waals surface area (Å²) in [6, 6.07) is 9.19. The normalized spacial score (nSPS) is 16.1. The Labute approximate surface area is 140 Å². The highest BCUT2D eigenvalue weighted by atomic mass is 16.3. The summed E-state index contributed by atoms with van der Waals surface area (Å²) in [6.07, 6.45) is 1.55. The van der Waals surface area contributed by atoms with Gasteiger partial charge in [0.05, 0.1) is 31.9 Å². The number of nitrogens with one attached hydrogen (secondary N) is 1. The number of rotatable bonds is 5. The van der Waals surface area contributed by atoms with E-state index in [0.29, 0.717) is 24.7 Å². The van der Waals surface area contributed by atoms with Crippen molar-refractivity contribution >= 4 is 6.03 Å². The van der Waals surface area contributed by atoms with Gasteiger partial charge in [-0.15, -0.1) is 0 Å². The zero-order valence-electron chi connectivity index (χ0n) is 13.9. The van der Waals surface area contributed by atoms with Crippen LogP contribution in [0.2, 0.25) is 0 Å².